The Kier molecular flexibility index (Phi) is 5.86. The summed E-state index contributed by atoms with van der Waals surface area (Å²) in [6.07, 6.45) is 6.29. The van der Waals surface area contributed by atoms with Crippen LogP contribution < -0.4 is 0 Å². The van der Waals surface area contributed by atoms with Crippen molar-refractivity contribution in [3.05, 3.63) is 23.8 Å². The van der Waals surface area contributed by atoms with Gasteiger partial charge in [0.05, 0.1) is 0 Å². The van der Waals surface area contributed by atoms with Gasteiger partial charge in [-0.3, -0.25) is 0 Å². The first kappa shape index (κ1) is 10.4. The van der Waals surface area contributed by atoms with Crippen LogP contribution in [0.2, 0.25) is 0 Å². The van der Waals surface area contributed by atoms with E-state index in [2.05, 4.69) is 44.0 Å². The van der Waals surface area contributed by atoms with Gasteiger partial charge >= 0.3 is 0 Å². The lowest BCUT2D eigenvalue weighted by Gasteiger charge is -2.13. The smallest absolute Gasteiger partial charge is 0.0190 e. The van der Waals surface area contributed by atoms with Crippen molar-refractivity contribution in [3.63, 3.8) is 0 Å². The predicted octanol–water partition coefficient (Wildman–Crippen LogP) is 2.46. The first-order valence-corrected chi connectivity index (χ1v) is 4.17. The summed E-state index contributed by atoms with van der Waals surface area (Å²) in [5.74, 6) is 0. The summed E-state index contributed by atoms with van der Waals surface area (Å²) in [6.45, 7) is 8.55. The van der Waals surface area contributed by atoms with Crippen molar-refractivity contribution in [2.24, 2.45) is 0 Å². The standard InChI is InChI=1S/C10H19N/c1-5-7-8-10(3)9-11(4)6-2/h5,7-8H,6,9H2,1-4H3/b7-5-,10-8+. The molecule has 11 heavy (non-hydrogen) atoms. The number of likely N-dealkylation sites (N-methyl/N-ethyl adjacent to an activating group) is 1. The van der Waals surface area contributed by atoms with Crippen LogP contribution in [0.3, 0.4) is 0 Å². The van der Waals surface area contributed by atoms with Gasteiger partial charge < -0.3 is 4.90 Å². The number of nitrogens with zero attached hydrogens (tertiary/aromatic N) is 1. The Morgan fingerprint density at radius 3 is 2.55 bits per heavy atom. The third kappa shape index (κ3) is 5.86. The highest BCUT2D eigenvalue weighted by molar-refractivity contribution is 5.10. The van der Waals surface area contributed by atoms with E-state index in [1.165, 1.54) is 5.57 Å². The molecule has 0 unspecified atom stereocenters. The molecule has 0 rings (SSSR count). The Hall–Kier alpha value is -0.560. The molecule has 0 aromatic heterocycles. The molecule has 1 nitrogen and oxygen atoms in total. The van der Waals surface area contributed by atoms with E-state index >= 15 is 0 Å². The fraction of sp³-hybridized carbons (Fsp3) is 0.600. The van der Waals surface area contributed by atoms with Crippen LogP contribution >= 0.6 is 0 Å². The zero-order valence-electron chi connectivity index (χ0n) is 8.09. The molecule has 64 valence electrons. The summed E-state index contributed by atoms with van der Waals surface area (Å²) in [7, 11) is 2.13. The molecule has 0 aliphatic carbocycles. The van der Waals surface area contributed by atoms with Crippen LogP contribution in [0.5, 0.6) is 0 Å². The van der Waals surface area contributed by atoms with Crippen molar-refractivity contribution in [2.45, 2.75) is 20.8 Å². The molecule has 0 bridgehead atoms. The van der Waals surface area contributed by atoms with Crippen molar-refractivity contribution in [1.29, 1.82) is 0 Å². The lowest BCUT2D eigenvalue weighted by molar-refractivity contribution is 0.383. The SMILES string of the molecule is C/C=C\C=C(/C)CN(C)CC. The van der Waals surface area contributed by atoms with E-state index in [4.69, 9.17) is 0 Å². The van der Waals surface area contributed by atoms with E-state index in [0.717, 1.165) is 13.1 Å². The van der Waals surface area contributed by atoms with Gasteiger partial charge in [-0.05, 0) is 27.4 Å². The normalized spacial score (nSPS) is 13.4. The Labute approximate surface area is 70.4 Å². The topological polar surface area (TPSA) is 3.24 Å². The summed E-state index contributed by atoms with van der Waals surface area (Å²) in [4.78, 5) is 2.29. The number of hydrogen-bond donors (Lipinski definition) is 0. The molecule has 0 saturated heterocycles. The molecule has 0 aromatic rings. The van der Waals surface area contributed by atoms with Gasteiger partial charge in [-0.25, -0.2) is 0 Å². The van der Waals surface area contributed by atoms with Gasteiger partial charge in [0.1, 0.15) is 0 Å². The minimum atomic E-state index is 1.07. The first-order chi connectivity index (χ1) is 5.20. The van der Waals surface area contributed by atoms with Gasteiger partial charge in [-0.2, -0.15) is 0 Å². The van der Waals surface area contributed by atoms with Gasteiger partial charge in [0.25, 0.3) is 0 Å². The fourth-order valence-electron chi connectivity index (χ4n) is 0.851. The van der Waals surface area contributed by atoms with Crippen molar-refractivity contribution in [3.8, 4) is 0 Å². The predicted molar refractivity (Wildman–Crippen MR) is 51.7 cm³/mol. The van der Waals surface area contributed by atoms with Crippen molar-refractivity contribution < 1.29 is 0 Å². The fourth-order valence-corrected chi connectivity index (χ4v) is 0.851. The monoisotopic (exact) mass is 153 g/mol. The Morgan fingerprint density at radius 1 is 1.45 bits per heavy atom. The van der Waals surface area contributed by atoms with Crippen LogP contribution in [0.1, 0.15) is 20.8 Å². The third-order valence-corrected chi connectivity index (χ3v) is 1.63. The second-order valence-electron chi connectivity index (χ2n) is 2.87. The van der Waals surface area contributed by atoms with Crippen LogP contribution in [-0.2, 0) is 0 Å². The number of hydrogen-bond acceptors (Lipinski definition) is 1. The van der Waals surface area contributed by atoms with Gasteiger partial charge in [0, 0.05) is 6.54 Å². The Balaban J connectivity index is 3.75. The average Bonchev–Trinajstić information content (AvgIpc) is 2.00. The van der Waals surface area contributed by atoms with Crippen molar-refractivity contribution in [1.82, 2.24) is 4.90 Å². The number of allylic oxidation sites excluding steroid dienone is 3. The molecule has 1 heteroatoms. The maximum atomic E-state index is 2.29. The highest BCUT2D eigenvalue weighted by Gasteiger charge is 1.93. The zero-order chi connectivity index (χ0) is 8.69. The largest absolute Gasteiger partial charge is 0.303 e. The highest BCUT2D eigenvalue weighted by atomic mass is 15.1. The highest BCUT2D eigenvalue weighted by Crippen LogP contribution is 1.95. The van der Waals surface area contributed by atoms with Crippen LogP contribution in [0.15, 0.2) is 23.8 Å². The summed E-state index contributed by atoms with van der Waals surface area (Å²) < 4.78 is 0. The molecule has 0 fully saturated rings. The minimum absolute atomic E-state index is 1.07. The molecule has 0 amide bonds. The van der Waals surface area contributed by atoms with Crippen LogP contribution in [0.25, 0.3) is 0 Å². The van der Waals surface area contributed by atoms with E-state index in [0.29, 0.717) is 0 Å². The van der Waals surface area contributed by atoms with Gasteiger partial charge in [-0.15, -0.1) is 0 Å². The van der Waals surface area contributed by atoms with E-state index in [1.54, 1.807) is 0 Å². The lowest BCUT2D eigenvalue weighted by Crippen LogP contribution is -2.19. The van der Waals surface area contributed by atoms with Crippen molar-refractivity contribution >= 4 is 0 Å². The van der Waals surface area contributed by atoms with Gasteiger partial charge in [-0.1, -0.05) is 30.7 Å². The lowest BCUT2D eigenvalue weighted by atomic mass is 10.2. The summed E-state index contributed by atoms with van der Waals surface area (Å²) >= 11 is 0. The molecule has 0 N–H and O–H groups in total. The molecule has 0 aliphatic rings. The molecular formula is C10H19N. The maximum absolute atomic E-state index is 2.29. The summed E-state index contributed by atoms with van der Waals surface area (Å²) in [5.41, 5.74) is 1.41. The van der Waals surface area contributed by atoms with E-state index in [9.17, 15) is 0 Å². The molecule has 0 aromatic carbocycles. The molecular weight excluding hydrogens is 134 g/mol. The van der Waals surface area contributed by atoms with Crippen LogP contribution in [-0.4, -0.2) is 25.0 Å². The quantitative estimate of drug-likeness (QED) is 0.561. The molecule has 0 radical (unpaired) electrons. The zero-order valence-corrected chi connectivity index (χ0v) is 8.09. The second-order valence-corrected chi connectivity index (χ2v) is 2.87. The Bertz CT molecular complexity index is 145. The van der Waals surface area contributed by atoms with Crippen molar-refractivity contribution in [2.75, 3.05) is 20.1 Å². The maximum Gasteiger partial charge on any atom is 0.0190 e. The molecule has 0 aliphatic heterocycles. The molecule has 0 spiro atoms. The van der Waals surface area contributed by atoms with Crippen LogP contribution in [0.4, 0.5) is 0 Å². The van der Waals surface area contributed by atoms with E-state index in [-0.39, 0.29) is 0 Å². The molecule has 0 heterocycles. The minimum Gasteiger partial charge on any atom is -0.303 e. The third-order valence-electron chi connectivity index (χ3n) is 1.63. The summed E-state index contributed by atoms with van der Waals surface area (Å²) in [6, 6.07) is 0. The number of rotatable bonds is 4. The molecule has 0 atom stereocenters. The second kappa shape index (κ2) is 6.17. The van der Waals surface area contributed by atoms with Gasteiger partial charge in [0.15, 0.2) is 0 Å². The van der Waals surface area contributed by atoms with Crippen LogP contribution in [0, 0.1) is 0 Å². The van der Waals surface area contributed by atoms with Gasteiger partial charge in [0.2, 0.25) is 0 Å². The summed E-state index contributed by atoms with van der Waals surface area (Å²) in [5, 5.41) is 0. The first-order valence-electron chi connectivity index (χ1n) is 4.17. The van der Waals surface area contributed by atoms with E-state index in [1.807, 2.05) is 6.92 Å². The van der Waals surface area contributed by atoms with E-state index < -0.39 is 0 Å². The average molecular weight is 153 g/mol. The molecule has 0 saturated carbocycles. The Morgan fingerprint density at radius 2 is 2.09 bits per heavy atom.